The van der Waals surface area contributed by atoms with E-state index in [1.54, 1.807) is 41.3 Å². The highest BCUT2D eigenvalue weighted by atomic mass is 35.5. The van der Waals surface area contributed by atoms with Crippen LogP contribution in [0.5, 0.6) is 0 Å². The Balaban J connectivity index is 2.04. The van der Waals surface area contributed by atoms with Crippen LogP contribution in [0, 0.1) is 5.82 Å². The minimum atomic E-state index is -0.393. The van der Waals surface area contributed by atoms with E-state index in [4.69, 9.17) is 23.2 Å². The average molecular weight is 342 g/mol. The molecule has 0 saturated carbocycles. The lowest BCUT2D eigenvalue weighted by molar-refractivity contribution is -0.115. The van der Waals surface area contributed by atoms with Crippen LogP contribution >= 0.6 is 35.0 Å². The van der Waals surface area contributed by atoms with Crippen LogP contribution in [0.3, 0.4) is 0 Å². The van der Waals surface area contributed by atoms with Gasteiger partial charge in [0.2, 0.25) is 5.91 Å². The van der Waals surface area contributed by atoms with Crippen molar-refractivity contribution in [3.8, 4) is 0 Å². The zero-order valence-electron chi connectivity index (χ0n) is 10.7. The second-order valence-electron chi connectivity index (χ2n) is 4.55. The molecule has 2 nitrogen and oxygen atoms in total. The predicted octanol–water partition coefficient (Wildman–Crippen LogP) is 4.91. The molecule has 0 unspecified atom stereocenters. The lowest BCUT2D eigenvalue weighted by Crippen LogP contribution is -2.28. The summed E-state index contributed by atoms with van der Waals surface area (Å²) >= 11 is 13.3. The second-order valence-corrected chi connectivity index (χ2v) is 6.43. The second kappa shape index (κ2) is 5.87. The molecule has 0 aliphatic carbocycles. The fourth-order valence-electron chi connectivity index (χ4n) is 2.24. The van der Waals surface area contributed by atoms with E-state index in [9.17, 15) is 9.18 Å². The molecule has 1 atom stereocenters. The van der Waals surface area contributed by atoms with Crippen LogP contribution in [0.15, 0.2) is 42.5 Å². The molecule has 2 aromatic rings. The van der Waals surface area contributed by atoms with Crippen molar-refractivity contribution in [1.82, 2.24) is 0 Å². The summed E-state index contributed by atoms with van der Waals surface area (Å²) in [6.07, 6.45) is 0. The molecular formula is C15H10Cl2FNOS. The van der Waals surface area contributed by atoms with Crippen LogP contribution in [-0.4, -0.2) is 11.7 Å². The molecule has 1 fully saturated rings. The molecule has 0 aromatic heterocycles. The number of thioether (sulfide) groups is 1. The van der Waals surface area contributed by atoms with Crippen molar-refractivity contribution in [2.24, 2.45) is 0 Å². The van der Waals surface area contributed by atoms with E-state index in [0.29, 0.717) is 27.0 Å². The fourth-order valence-corrected chi connectivity index (χ4v) is 3.73. The molecule has 0 radical (unpaired) electrons. The maximum atomic E-state index is 14.0. The Morgan fingerprint density at radius 3 is 2.62 bits per heavy atom. The van der Waals surface area contributed by atoms with Gasteiger partial charge in [-0.1, -0.05) is 41.4 Å². The highest BCUT2D eigenvalue weighted by Crippen LogP contribution is 2.43. The molecule has 21 heavy (non-hydrogen) atoms. The van der Waals surface area contributed by atoms with Gasteiger partial charge in [-0.05, 0) is 24.3 Å². The van der Waals surface area contributed by atoms with Gasteiger partial charge in [0.15, 0.2) is 0 Å². The van der Waals surface area contributed by atoms with Crippen LogP contribution in [0.2, 0.25) is 10.0 Å². The standard InChI is InChI=1S/C15H10Cl2FNOS/c16-11-6-5-9(7-12(11)17)19-14(20)8-21-15(19)10-3-1-2-4-13(10)18/h1-7,15H,8H2/t15-/m0/s1. The Morgan fingerprint density at radius 2 is 1.90 bits per heavy atom. The highest BCUT2D eigenvalue weighted by molar-refractivity contribution is 8.00. The van der Waals surface area contributed by atoms with Gasteiger partial charge < -0.3 is 0 Å². The highest BCUT2D eigenvalue weighted by Gasteiger charge is 2.35. The third kappa shape index (κ3) is 2.76. The van der Waals surface area contributed by atoms with Crippen molar-refractivity contribution in [2.75, 3.05) is 10.7 Å². The van der Waals surface area contributed by atoms with E-state index in [0.717, 1.165) is 0 Å². The summed E-state index contributed by atoms with van der Waals surface area (Å²) in [6.45, 7) is 0. The molecular weight excluding hydrogens is 332 g/mol. The van der Waals surface area contributed by atoms with E-state index >= 15 is 0 Å². The Morgan fingerprint density at radius 1 is 1.14 bits per heavy atom. The number of carbonyl (C=O) groups excluding carboxylic acids is 1. The third-order valence-electron chi connectivity index (χ3n) is 3.22. The van der Waals surface area contributed by atoms with Crippen LogP contribution in [0.25, 0.3) is 0 Å². The molecule has 1 amide bonds. The maximum absolute atomic E-state index is 14.0. The molecule has 1 saturated heterocycles. The molecule has 0 N–H and O–H groups in total. The van der Waals surface area contributed by atoms with Crippen LogP contribution in [0.1, 0.15) is 10.9 Å². The van der Waals surface area contributed by atoms with Crippen LogP contribution < -0.4 is 4.90 Å². The Hall–Kier alpha value is -1.23. The number of hydrogen-bond acceptors (Lipinski definition) is 2. The maximum Gasteiger partial charge on any atom is 0.238 e. The summed E-state index contributed by atoms with van der Waals surface area (Å²) in [5.74, 6) is -0.0967. The van der Waals surface area contributed by atoms with Crippen molar-refractivity contribution >= 4 is 46.6 Å². The number of anilines is 1. The van der Waals surface area contributed by atoms with E-state index in [1.165, 1.54) is 17.8 Å². The molecule has 0 spiro atoms. The van der Waals surface area contributed by atoms with Gasteiger partial charge in [0.1, 0.15) is 11.2 Å². The van der Waals surface area contributed by atoms with Gasteiger partial charge in [0.25, 0.3) is 0 Å². The molecule has 1 aliphatic rings. The topological polar surface area (TPSA) is 20.3 Å². The SMILES string of the molecule is O=C1CS[C@@H](c2ccccc2F)N1c1ccc(Cl)c(Cl)c1. The first-order chi connectivity index (χ1) is 10.1. The predicted molar refractivity (Wildman–Crippen MR) is 85.5 cm³/mol. The lowest BCUT2D eigenvalue weighted by atomic mass is 10.1. The van der Waals surface area contributed by atoms with Gasteiger partial charge in [-0.15, -0.1) is 11.8 Å². The number of nitrogens with zero attached hydrogens (tertiary/aromatic N) is 1. The van der Waals surface area contributed by atoms with Crippen molar-refractivity contribution in [1.29, 1.82) is 0 Å². The minimum absolute atomic E-state index is 0.0772. The Kier molecular flexibility index (Phi) is 4.11. The molecule has 108 valence electrons. The molecule has 1 heterocycles. The summed E-state index contributed by atoms with van der Waals surface area (Å²) in [6, 6.07) is 11.4. The fraction of sp³-hybridized carbons (Fsp3) is 0.133. The van der Waals surface area contributed by atoms with Crippen molar-refractivity contribution in [2.45, 2.75) is 5.37 Å². The van der Waals surface area contributed by atoms with Gasteiger partial charge in [0, 0.05) is 11.3 Å². The molecule has 3 rings (SSSR count). The minimum Gasteiger partial charge on any atom is -0.295 e. The van der Waals surface area contributed by atoms with E-state index in [2.05, 4.69) is 0 Å². The van der Waals surface area contributed by atoms with Gasteiger partial charge in [0.05, 0.1) is 15.8 Å². The van der Waals surface area contributed by atoms with Crippen LogP contribution in [-0.2, 0) is 4.79 Å². The van der Waals surface area contributed by atoms with Crippen molar-refractivity contribution < 1.29 is 9.18 Å². The number of amides is 1. The first-order valence-electron chi connectivity index (χ1n) is 6.21. The quantitative estimate of drug-likeness (QED) is 0.773. The monoisotopic (exact) mass is 341 g/mol. The van der Waals surface area contributed by atoms with E-state index < -0.39 is 5.37 Å². The zero-order valence-corrected chi connectivity index (χ0v) is 13.1. The first-order valence-corrected chi connectivity index (χ1v) is 8.01. The zero-order chi connectivity index (χ0) is 15.0. The van der Waals surface area contributed by atoms with Crippen molar-refractivity contribution in [3.05, 3.63) is 63.9 Å². The van der Waals surface area contributed by atoms with E-state index in [1.807, 2.05) is 0 Å². The summed E-state index contributed by atoms with van der Waals surface area (Å²) in [5, 5.41) is 0.393. The van der Waals surface area contributed by atoms with Gasteiger partial charge in [-0.25, -0.2) is 4.39 Å². The molecule has 2 aromatic carbocycles. The summed E-state index contributed by atoms with van der Waals surface area (Å²) < 4.78 is 14.0. The third-order valence-corrected chi connectivity index (χ3v) is 5.15. The van der Waals surface area contributed by atoms with E-state index in [-0.39, 0.29) is 11.7 Å². The number of benzene rings is 2. The largest absolute Gasteiger partial charge is 0.295 e. The number of carbonyl (C=O) groups is 1. The van der Waals surface area contributed by atoms with Crippen LogP contribution in [0.4, 0.5) is 10.1 Å². The van der Waals surface area contributed by atoms with Gasteiger partial charge in [-0.2, -0.15) is 0 Å². The Labute approximate surface area is 135 Å². The van der Waals surface area contributed by atoms with Gasteiger partial charge in [-0.3, -0.25) is 9.69 Å². The van der Waals surface area contributed by atoms with Crippen molar-refractivity contribution in [3.63, 3.8) is 0 Å². The summed E-state index contributed by atoms with van der Waals surface area (Å²) in [4.78, 5) is 13.7. The summed E-state index contributed by atoms with van der Waals surface area (Å²) in [7, 11) is 0. The number of hydrogen-bond donors (Lipinski definition) is 0. The average Bonchev–Trinajstić information content (AvgIpc) is 2.84. The Bertz CT molecular complexity index is 710. The first kappa shape index (κ1) is 14.7. The van der Waals surface area contributed by atoms with Gasteiger partial charge >= 0.3 is 0 Å². The normalized spacial score (nSPS) is 18.3. The smallest absolute Gasteiger partial charge is 0.238 e. The molecule has 0 bridgehead atoms. The summed E-state index contributed by atoms with van der Waals surface area (Å²) in [5.41, 5.74) is 1.10. The molecule has 6 heteroatoms. The number of halogens is 3. The lowest BCUT2D eigenvalue weighted by Gasteiger charge is -2.25. The molecule has 1 aliphatic heterocycles. The number of rotatable bonds is 2.